The molecule has 3 aromatic rings. The van der Waals surface area contributed by atoms with Crippen LogP contribution in [0.25, 0.3) is 5.69 Å². The fourth-order valence-corrected chi connectivity index (χ4v) is 3.85. The number of nitrogens with one attached hydrogen (secondary N) is 2. The maximum absolute atomic E-state index is 12.6. The van der Waals surface area contributed by atoms with Gasteiger partial charge < -0.3 is 15.4 Å². The first-order valence-electron chi connectivity index (χ1n) is 10.5. The van der Waals surface area contributed by atoms with Gasteiger partial charge in [-0.05, 0) is 61.7 Å². The molecule has 0 bridgehead atoms. The molecule has 1 aromatic heterocycles. The van der Waals surface area contributed by atoms with Gasteiger partial charge in [0.25, 0.3) is 5.91 Å². The van der Waals surface area contributed by atoms with E-state index in [0.717, 1.165) is 22.5 Å². The fourth-order valence-electron chi connectivity index (χ4n) is 3.85. The van der Waals surface area contributed by atoms with Gasteiger partial charge in [-0.3, -0.25) is 14.2 Å². The van der Waals surface area contributed by atoms with Crippen LogP contribution >= 0.6 is 0 Å². The van der Waals surface area contributed by atoms with Crippen LogP contribution in [0.4, 0.5) is 11.5 Å². The van der Waals surface area contributed by atoms with E-state index in [1.165, 1.54) is 0 Å². The molecule has 0 saturated heterocycles. The highest BCUT2D eigenvalue weighted by atomic mass is 16.5. The van der Waals surface area contributed by atoms with E-state index in [-0.39, 0.29) is 5.91 Å². The summed E-state index contributed by atoms with van der Waals surface area (Å²) >= 11 is 0. The van der Waals surface area contributed by atoms with E-state index in [1.807, 2.05) is 44.2 Å². The van der Waals surface area contributed by atoms with Gasteiger partial charge in [0.1, 0.15) is 11.9 Å². The van der Waals surface area contributed by atoms with Crippen LogP contribution in [0.2, 0.25) is 0 Å². The average molecular weight is 442 g/mol. The Morgan fingerprint density at radius 1 is 1.15 bits per heavy atom. The number of fused-ring (bicyclic) bond motifs is 1. The molecule has 2 aromatic carbocycles. The molecule has 2 N–H and O–H groups in total. The normalized spacial score (nSPS) is 12.3. The number of para-hydroxylation sites is 1. The molecular formula is C25H22N4O4. The number of benzene rings is 2. The molecule has 0 saturated carbocycles. The lowest BCUT2D eigenvalue weighted by Gasteiger charge is -2.17. The quantitative estimate of drug-likeness (QED) is 0.586. The largest absolute Gasteiger partial charge is 0.452 e. The van der Waals surface area contributed by atoms with E-state index < -0.39 is 18.5 Å². The zero-order chi connectivity index (χ0) is 23.5. The van der Waals surface area contributed by atoms with Crippen molar-refractivity contribution in [2.24, 2.45) is 0 Å². The number of ether oxygens (including phenoxy) is 1. The number of rotatable bonds is 5. The van der Waals surface area contributed by atoms with Gasteiger partial charge >= 0.3 is 5.97 Å². The number of hydrogen-bond donors (Lipinski definition) is 2. The Morgan fingerprint density at radius 2 is 1.91 bits per heavy atom. The van der Waals surface area contributed by atoms with Crippen LogP contribution in [-0.4, -0.2) is 29.0 Å². The van der Waals surface area contributed by atoms with E-state index in [2.05, 4.69) is 16.7 Å². The van der Waals surface area contributed by atoms with Crippen molar-refractivity contribution in [3.8, 4) is 11.8 Å². The highest BCUT2D eigenvalue weighted by molar-refractivity contribution is 5.98. The Kier molecular flexibility index (Phi) is 5.96. The number of aromatic nitrogens is 1. The van der Waals surface area contributed by atoms with Crippen molar-refractivity contribution in [3.05, 3.63) is 76.5 Å². The maximum Gasteiger partial charge on any atom is 0.338 e. The van der Waals surface area contributed by atoms with Crippen molar-refractivity contribution in [2.75, 3.05) is 17.2 Å². The van der Waals surface area contributed by atoms with Crippen LogP contribution < -0.4 is 10.6 Å². The molecule has 4 rings (SSSR count). The lowest BCUT2D eigenvalue weighted by molar-refractivity contribution is -0.119. The number of nitrogens with zero attached hydrogens (tertiary/aromatic N) is 2. The molecule has 0 fully saturated rings. The Hall–Kier alpha value is -4.38. The number of hydrogen-bond acceptors (Lipinski definition) is 5. The maximum atomic E-state index is 12.6. The molecule has 166 valence electrons. The third kappa shape index (κ3) is 4.34. The number of carbonyl (C=O) groups excluding carboxylic acids is 3. The molecule has 8 nitrogen and oxygen atoms in total. The van der Waals surface area contributed by atoms with Crippen LogP contribution in [-0.2, 0) is 20.7 Å². The second-order valence-corrected chi connectivity index (χ2v) is 7.76. The Morgan fingerprint density at radius 3 is 2.64 bits per heavy atom. The molecule has 2 amide bonds. The zero-order valence-electron chi connectivity index (χ0n) is 18.3. The number of carbonyl (C=O) groups is 3. The van der Waals surface area contributed by atoms with Crippen molar-refractivity contribution < 1.29 is 19.1 Å². The monoisotopic (exact) mass is 442 g/mol. The van der Waals surface area contributed by atoms with E-state index in [9.17, 15) is 19.6 Å². The molecule has 1 aliphatic rings. The van der Waals surface area contributed by atoms with Gasteiger partial charge in [0.05, 0.1) is 11.1 Å². The molecule has 2 heterocycles. The van der Waals surface area contributed by atoms with Gasteiger partial charge in [0.2, 0.25) is 5.91 Å². The second kappa shape index (κ2) is 9.01. The molecule has 0 unspecified atom stereocenters. The predicted molar refractivity (Wildman–Crippen MR) is 122 cm³/mol. The summed E-state index contributed by atoms with van der Waals surface area (Å²) in [5, 5.41) is 15.1. The van der Waals surface area contributed by atoms with Crippen LogP contribution in [0.5, 0.6) is 0 Å². The van der Waals surface area contributed by atoms with E-state index in [4.69, 9.17) is 4.74 Å². The number of nitriles is 1. The molecule has 0 radical (unpaired) electrons. The first-order chi connectivity index (χ1) is 15.9. The summed E-state index contributed by atoms with van der Waals surface area (Å²) in [4.78, 5) is 36.6. The third-order valence-electron chi connectivity index (χ3n) is 5.67. The SMILES string of the molecule is Cc1c(C#N)c(NC(=O)COC(=O)c2ccc3c(c2)CCC(=O)N3)n(-c2ccccc2)c1C. The van der Waals surface area contributed by atoms with Gasteiger partial charge in [-0.2, -0.15) is 5.26 Å². The summed E-state index contributed by atoms with van der Waals surface area (Å²) in [6.45, 7) is 3.19. The van der Waals surface area contributed by atoms with E-state index in [1.54, 1.807) is 22.8 Å². The van der Waals surface area contributed by atoms with Crippen molar-refractivity contribution in [2.45, 2.75) is 26.7 Å². The molecule has 33 heavy (non-hydrogen) atoms. The van der Waals surface area contributed by atoms with Gasteiger partial charge in [-0.1, -0.05) is 18.2 Å². The number of esters is 1. The van der Waals surface area contributed by atoms with Gasteiger partial charge in [-0.25, -0.2) is 4.79 Å². The van der Waals surface area contributed by atoms with Crippen LogP contribution in [0.3, 0.4) is 0 Å². The van der Waals surface area contributed by atoms with Crippen molar-refractivity contribution in [1.82, 2.24) is 4.57 Å². The standard InChI is InChI=1S/C25H22N4O4/c1-15-16(2)29(19-6-4-3-5-7-19)24(20(15)13-26)28-23(31)14-33-25(32)18-8-10-21-17(12-18)9-11-22(30)27-21/h3-8,10,12H,9,11,14H2,1-2H3,(H,27,30)(H,28,31). The van der Waals surface area contributed by atoms with Crippen molar-refractivity contribution in [1.29, 1.82) is 5.26 Å². The average Bonchev–Trinajstić information content (AvgIpc) is 3.06. The minimum Gasteiger partial charge on any atom is -0.452 e. The Bertz CT molecular complexity index is 1300. The summed E-state index contributed by atoms with van der Waals surface area (Å²) < 4.78 is 7.00. The molecular weight excluding hydrogens is 420 g/mol. The summed E-state index contributed by atoms with van der Waals surface area (Å²) in [6.07, 6.45) is 0.893. The van der Waals surface area contributed by atoms with Crippen molar-refractivity contribution >= 4 is 29.3 Å². The molecule has 0 spiro atoms. The van der Waals surface area contributed by atoms with Gasteiger partial charge in [0, 0.05) is 23.5 Å². The molecule has 1 aliphatic heterocycles. The summed E-state index contributed by atoms with van der Waals surface area (Å²) in [6, 6.07) is 16.4. The van der Waals surface area contributed by atoms with E-state index >= 15 is 0 Å². The van der Waals surface area contributed by atoms with Crippen LogP contribution in [0.15, 0.2) is 48.5 Å². The van der Waals surface area contributed by atoms with Gasteiger partial charge in [-0.15, -0.1) is 0 Å². The smallest absolute Gasteiger partial charge is 0.338 e. The minimum absolute atomic E-state index is 0.0584. The first-order valence-corrected chi connectivity index (χ1v) is 10.5. The number of anilines is 2. The molecule has 8 heteroatoms. The summed E-state index contributed by atoms with van der Waals surface area (Å²) in [5.41, 5.74) is 4.56. The lowest BCUT2D eigenvalue weighted by atomic mass is 10.0. The zero-order valence-corrected chi connectivity index (χ0v) is 18.3. The molecule has 0 aliphatic carbocycles. The van der Waals surface area contributed by atoms with Crippen molar-refractivity contribution in [3.63, 3.8) is 0 Å². The van der Waals surface area contributed by atoms with E-state index in [0.29, 0.717) is 35.5 Å². The number of amides is 2. The Labute approximate surface area is 190 Å². The Balaban J connectivity index is 1.49. The minimum atomic E-state index is -0.642. The third-order valence-corrected chi connectivity index (χ3v) is 5.67. The van der Waals surface area contributed by atoms with Crippen LogP contribution in [0.1, 0.15) is 39.2 Å². The fraction of sp³-hybridized carbons (Fsp3) is 0.200. The number of aryl methyl sites for hydroxylation is 1. The predicted octanol–water partition coefficient (Wildman–Crippen LogP) is 3.65. The topological polar surface area (TPSA) is 113 Å². The summed E-state index contributed by atoms with van der Waals surface area (Å²) in [7, 11) is 0. The second-order valence-electron chi connectivity index (χ2n) is 7.76. The first kappa shape index (κ1) is 21.8. The van der Waals surface area contributed by atoms with Crippen LogP contribution in [0, 0.1) is 25.2 Å². The lowest BCUT2D eigenvalue weighted by Crippen LogP contribution is -2.23. The highest BCUT2D eigenvalue weighted by Crippen LogP contribution is 2.30. The highest BCUT2D eigenvalue weighted by Gasteiger charge is 2.22. The molecule has 0 atom stereocenters. The van der Waals surface area contributed by atoms with Gasteiger partial charge in [0.15, 0.2) is 6.61 Å². The summed E-state index contributed by atoms with van der Waals surface area (Å²) in [5.74, 6) is -0.919.